The molecule has 1 amide bonds. The normalized spacial score (nSPS) is 13.5. The average molecular weight is 283 g/mol. The number of amides is 1. The predicted molar refractivity (Wildman–Crippen MR) is 80.1 cm³/mol. The Morgan fingerprint density at radius 1 is 1.05 bits per heavy atom. The van der Waals surface area contributed by atoms with E-state index >= 15 is 0 Å². The maximum atomic E-state index is 11.3. The van der Waals surface area contributed by atoms with Crippen molar-refractivity contribution in [2.75, 3.05) is 5.32 Å². The smallest absolute Gasteiger partial charge is 0.224 e. The Kier molecular flexibility index (Phi) is 3.88. The summed E-state index contributed by atoms with van der Waals surface area (Å²) >= 11 is 0. The maximum Gasteiger partial charge on any atom is 0.224 e. The molecule has 0 aliphatic carbocycles. The third kappa shape index (κ3) is 3.23. The number of hydrogen-bond acceptors (Lipinski definition) is 3. The quantitative estimate of drug-likeness (QED) is 0.907. The summed E-state index contributed by atoms with van der Waals surface area (Å²) in [7, 11) is 0. The fourth-order valence-corrected chi connectivity index (χ4v) is 2.36. The van der Waals surface area contributed by atoms with E-state index in [4.69, 9.17) is 9.84 Å². The van der Waals surface area contributed by atoms with Crippen LogP contribution in [0, 0.1) is 0 Å². The standard InChI is InChI=1S/C17H17NO3/c19-10-12-1-3-13(4-2-12)11-21-15-6-7-16-14(9-15)5-8-17(20)18-16/h1-4,6-7,9,19H,5,8,10-11H2,(H,18,20). The molecule has 0 saturated carbocycles. The Morgan fingerprint density at radius 3 is 2.57 bits per heavy atom. The number of aryl methyl sites for hydroxylation is 1. The van der Waals surface area contributed by atoms with Crippen LogP contribution in [0.1, 0.15) is 23.1 Å². The van der Waals surface area contributed by atoms with Crippen LogP contribution < -0.4 is 10.1 Å². The second-order valence-electron chi connectivity index (χ2n) is 5.13. The van der Waals surface area contributed by atoms with E-state index < -0.39 is 0 Å². The van der Waals surface area contributed by atoms with Crippen LogP contribution in [0.15, 0.2) is 42.5 Å². The topological polar surface area (TPSA) is 58.6 Å². The SMILES string of the molecule is O=C1CCc2cc(OCc3ccc(CO)cc3)ccc2N1. The largest absolute Gasteiger partial charge is 0.489 e. The van der Waals surface area contributed by atoms with E-state index in [0.717, 1.165) is 34.5 Å². The molecule has 2 N–H and O–H groups in total. The zero-order chi connectivity index (χ0) is 14.7. The summed E-state index contributed by atoms with van der Waals surface area (Å²) < 4.78 is 5.78. The number of benzene rings is 2. The first-order valence-corrected chi connectivity index (χ1v) is 6.99. The minimum atomic E-state index is 0.0533. The number of nitrogens with one attached hydrogen (secondary N) is 1. The van der Waals surface area contributed by atoms with Gasteiger partial charge in [-0.15, -0.1) is 0 Å². The van der Waals surface area contributed by atoms with E-state index in [0.29, 0.717) is 13.0 Å². The molecule has 0 saturated heterocycles. The average Bonchev–Trinajstić information content (AvgIpc) is 2.53. The molecular formula is C17H17NO3. The van der Waals surface area contributed by atoms with E-state index in [1.165, 1.54) is 0 Å². The van der Waals surface area contributed by atoms with Crippen molar-refractivity contribution in [3.8, 4) is 5.75 Å². The number of aliphatic hydroxyl groups excluding tert-OH is 1. The molecule has 1 aliphatic heterocycles. The van der Waals surface area contributed by atoms with Crippen LogP contribution in [0.5, 0.6) is 5.75 Å². The number of carbonyl (C=O) groups excluding carboxylic acids is 1. The minimum absolute atomic E-state index is 0.0533. The lowest BCUT2D eigenvalue weighted by molar-refractivity contribution is -0.116. The minimum Gasteiger partial charge on any atom is -0.489 e. The van der Waals surface area contributed by atoms with E-state index in [1.807, 2.05) is 42.5 Å². The number of aliphatic hydroxyl groups is 1. The van der Waals surface area contributed by atoms with Crippen LogP contribution in [0.25, 0.3) is 0 Å². The van der Waals surface area contributed by atoms with Gasteiger partial charge in [-0.1, -0.05) is 24.3 Å². The van der Waals surface area contributed by atoms with Gasteiger partial charge in [0, 0.05) is 12.1 Å². The molecule has 108 valence electrons. The van der Waals surface area contributed by atoms with Crippen molar-refractivity contribution in [3.63, 3.8) is 0 Å². The highest BCUT2D eigenvalue weighted by molar-refractivity contribution is 5.93. The third-order valence-corrected chi connectivity index (χ3v) is 3.58. The van der Waals surface area contributed by atoms with Gasteiger partial charge in [-0.25, -0.2) is 0 Å². The van der Waals surface area contributed by atoms with Crippen LogP contribution in [0.3, 0.4) is 0 Å². The van der Waals surface area contributed by atoms with Crippen LogP contribution in [-0.2, 0) is 24.4 Å². The highest BCUT2D eigenvalue weighted by Crippen LogP contribution is 2.27. The predicted octanol–water partition coefficient (Wildman–Crippen LogP) is 2.64. The number of carbonyl (C=O) groups is 1. The Bertz CT molecular complexity index is 650. The van der Waals surface area contributed by atoms with Crippen molar-refractivity contribution in [1.82, 2.24) is 0 Å². The summed E-state index contributed by atoms with van der Waals surface area (Å²) in [5.74, 6) is 0.872. The van der Waals surface area contributed by atoms with Gasteiger partial charge >= 0.3 is 0 Å². The lowest BCUT2D eigenvalue weighted by atomic mass is 10.0. The van der Waals surface area contributed by atoms with Gasteiger partial charge in [0.05, 0.1) is 6.61 Å². The zero-order valence-corrected chi connectivity index (χ0v) is 11.6. The van der Waals surface area contributed by atoms with Crippen molar-refractivity contribution in [3.05, 3.63) is 59.2 Å². The summed E-state index contributed by atoms with van der Waals surface area (Å²) in [6, 6.07) is 13.4. The van der Waals surface area contributed by atoms with Gasteiger partial charge in [0.15, 0.2) is 0 Å². The summed E-state index contributed by atoms with van der Waals surface area (Å²) in [6.45, 7) is 0.536. The Labute approximate surface area is 123 Å². The molecule has 0 bridgehead atoms. The highest BCUT2D eigenvalue weighted by atomic mass is 16.5. The Balaban J connectivity index is 1.66. The molecule has 0 fully saturated rings. The second kappa shape index (κ2) is 5.97. The van der Waals surface area contributed by atoms with Crippen molar-refractivity contribution in [2.45, 2.75) is 26.1 Å². The monoisotopic (exact) mass is 283 g/mol. The molecule has 1 aliphatic rings. The van der Waals surface area contributed by atoms with E-state index in [2.05, 4.69) is 5.32 Å². The summed E-state index contributed by atoms with van der Waals surface area (Å²) in [4.78, 5) is 11.3. The number of anilines is 1. The molecule has 0 atom stereocenters. The molecule has 0 unspecified atom stereocenters. The molecule has 4 nitrogen and oxygen atoms in total. The fraction of sp³-hybridized carbons (Fsp3) is 0.235. The van der Waals surface area contributed by atoms with Crippen LogP contribution in [-0.4, -0.2) is 11.0 Å². The molecule has 2 aromatic carbocycles. The Hall–Kier alpha value is -2.33. The number of ether oxygens (including phenoxy) is 1. The second-order valence-corrected chi connectivity index (χ2v) is 5.13. The summed E-state index contributed by atoms with van der Waals surface area (Å²) in [6.07, 6.45) is 1.28. The van der Waals surface area contributed by atoms with Crippen molar-refractivity contribution >= 4 is 11.6 Å². The van der Waals surface area contributed by atoms with Gasteiger partial charge in [0.1, 0.15) is 12.4 Å². The van der Waals surface area contributed by atoms with E-state index in [9.17, 15) is 4.79 Å². The zero-order valence-electron chi connectivity index (χ0n) is 11.6. The molecule has 2 aromatic rings. The van der Waals surface area contributed by atoms with Gasteiger partial charge in [-0.3, -0.25) is 4.79 Å². The van der Waals surface area contributed by atoms with Gasteiger partial charge in [0.2, 0.25) is 5.91 Å². The molecular weight excluding hydrogens is 266 g/mol. The third-order valence-electron chi connectivity index (χ3n) is 3.58. The fourth-order valence-electron chi connectivity index (χ4n) is 2.36. The molecule has 4 heteroatoms. The first kappa shape index (κ1) is 13.6. The van der Waals surface area contributed by atoms with E-state index in [-0.39, 0.29) is 12.5 Å². The van der Waals surface area contributed by atoms with Crippen molar-refractivity contribution < 1.29 is 14.6 Å². The molecule has 0 spiro atoms. The van der Waals surface area contributed by atoms with Crippen LogP contribution in [0.2, 0.25) is 0 Å². The number of rotatable bonds is 4. The molecule has 0 radical (unpaired) electrons. The van der Waals surface area contributed by atoms with Gasteiger partial charge < -0.3 is 15.2 Å². The van der Waals surface area contributed by atoms with E-state index in [1.54, 1.807) is 0 Å². The van der Waals surface area contributed by atoms with Crippen molar-refractivity contribution in [2.24, 2.45) is 0 Å². The summed E-state index contributed by atoms with van der Waals surface area (Å²) in [5, 5.41) is 11.9. The van der Waals surface area contributed by atoms with Gasteiger partial charge in [-0.2, -0.15) is 0 Å². The maximum absolute atomic E-state index is 11.3. The van der Waals surface area contributed by atoms with Crippen molar-refractivity contribution in [1.29, 1.82) is 0 Å². The van der Waals surface area contributed by atoms with Crippen LogP contribution in [0.4, 0.5) is 5.69 Å². The number of hydrogen-bond donors (Lipinski definition) is 2. The first-order chi connectivity index (χ1) is 10.2. The first-order valence-electron chi connectivity index (χ1n) is 6.99. The molecule has 21 heavy (non-hydrogen) atoms. The Morgan fingerprint density at radius 2 is 1.81 bits per heavy atom. The lowest BCUT2D eigenvalue weighted by Crippen LogP contribution is -2.18. The molecule has 0 aromatic heterocycles. The summed E-state index contributed by atoms with van der Waals surface area (Å²) in [5.41, 5.74) is 3.94. The number of fused-ring (bicyclic) bond motifs is 1. The lowest BCUT2D eigenvalue weighted by Gasteiger charge is -2.17. The highest BCUT2D eigenvalue weighted by Gasteiger charge is 2.14. The van der Waals surface area contributed by atoms with Gasteiger partial charge in [-0.05, 0) is 41.3 Å². The van der Waals surface area contributed by atoms with Crippen LogP contribution >= 0.6 is 0 Å². The van der Waals surface area contributed by atoms with Gasteiger partial charge in [0.25, 0.3) is 0 Å². The molecule has 1 heterocycles. The molecule has 3 rings (SSSR count).